The normalized spacial score (nSPS) is 20.3. The first kappa shape index (κ1) is 16.5. The van der Waals surface area contributed by atoms with E-state index in [9.17, 15) is 9.90 Å². The maximum absolute atomic E-state index is 12.3. The fourth-order valence-electron chi connectivity index (χ4n) is 2.93. The highest BCUT2D eigenvalue weighted by Gasteiger charge is 2.38. The fraction of sp³-hybridized carbons (Fsp3) is 0.444. The molecule has 1 aliphatic rings. The van der Waals surface area contributed by atoms with Crippen LogP contribution in [0.4, 0.5) is 0 Å². The lowest BCUT2D eigenvalue weighted by Gasteiger charge is -2.23. The summed E-state index contributed by atoms with van der Waals surface area (Å²) >= 11 is 0. The number of benzene rings is 1. The summed E-state index contributed by atoms with van der Waals surface area (Å²) in [7, 11) is 1.86. The lowest BCUT2D eigenvalue weighted by atomic mass is 10.1. The smallest absolute Gasteiger partial charge is 0.223 e. The first-order chi connectivity index (χ1) is 11.5. The molecule has 24 heavy (non-hydrogen) atoms. The van der Waals surface area contributed by atoms with E-state index in [1.807, 2.05) is 43.6 Å². The molecule has 6 nitrogen and oxygen atoms in total. The highest BCUT2D eigenvalue weighted by atomic mass is 16.5. The van der Waals surface area contributed by atoms with Gasteiger partial charge in [-0.25, -0.2) is 0 Å². The number of aliphatic hydroxyl groups is 1. The lowest BCUT2D eigenvalue weighted by Crippen LogP contribution is -2.40. The zero-order valence-corrected chi connectivity index (χ0v) is 13.9. The molecule has 1 aromatic carbocycles. The molecule has 6 heteroatoms. The topological polar surface area (TPSA) is 67.6 Å². The van der Waals surface area contributed by atoms with Crippen molar-refractivity contribution in [3.8, 4) is 5.75 Å². The molecule has 1 saturated heterocycles. The predicted molar refractivity (Wildman–Crippen MR) is 89.6 cm³/mol. The monoisotopic (exact) mass is 329 g/mol. The zero-order chi connectivity index (χ0) is 17.0. The van der Waals surface area contributed by atoms with Crippen molar-refractivity contribution >= 4 is 5.91 Å². The van der Waals surface area contributed by atoms with Gasteiger partial charge in [0.1, 0.15) is 18.0 Å². The molecule has 0 radical (unpaired) electrons. The molecule has 2 aromatic rings. The molecular formula is C18H23N3O3. The molecular weight excluding hydrogens is 306 g/mol. The van der Waals surface area contributed by atoms with Crippen LogP contribution in [0.1, 0.15) is 18.4 Å². The van der Waals surface area contributed by atoms with Gasteiger partial charge in [-0.3, -0.25) is 9.48 Å². The molecule has 0 bridgehead atoms. The van der Waals surface area contributed by atoms with E-state index >= 15 is 0 Å². The Morgan fingerprint density at radius 2 is 2.17 bits per heavy atom. The van der Waals surface area contributed by atoms with E-state index in [-0.39, 0.29) is 12.5 Å². The Morgan fingerprint density at radius 1 is 1.38 bits per heavy atom. The van der Waals surface area contributed by atoms with E-state index in [4.69, 9.17) is 4.74 Å². The van der Waals surface area contributed by atoms with Crippen LogP contribution in [-0.2, 0) is 18.3 Å². The second kappa shape index (κ2) is 7.05. The Morgan fingerprint density at radius 3 is 2.88 bits per heavy atom. The molecule has 1 atom stereocenters. The van der Waals surface area contributed by atoms with Crippen LogP contribution in [0.5, 0.6) is 5.75 Å². The summed E-state index contributed by atoms with van der Waals surface area (Å²) in [6, 6.07) is 9.41. The number of nitrogens with zero attached hydrogens (tertiary/aromatic N) is 3. The average molecular weight is 329 g/mol. The van der Waals surface area contributed by atoms with E-state index in [1.54, 1.807) is 15.8 Å². The summed E-state index contributed by atoms with van der Waals surface area (Å²) in [5.41, 5.74) is 0.0764. The Balaban J connectivity index is 1.47. The molecule has 0 saturated carbocycles. The number of carbonyl (C=O) groups excluding carboxylic acids is 1. The van der Waals surface area contributed by atoms with Crippen molar-refractivity contribution in [1.29, 1.82) is 0 Å². The highest BCUT2D eigenvalue weighted by Crippen LogP contribution is 2.23. The highest BCUT2D eigenvalue weighted by molar-refractivity contribution is 5.76. The fourth-order valence-corrected chi connectivity index (χ4v) is 2.93. The number of para-hydroxylation sites is 1. The van der Waals surface area contributed by atoms with E-state index < -0.39 is 5.60 Å². The van der Waals surface area contributed by atoms with Gasteiger partial charge in [-0.15, -0.1) is 0 Å². The second-order valence-corrected chi connectivity index (χ2v) is 6.41. The molecule has 2 heterocycles. The first-order valence-corrected chi connectivity index (χ1v) is 8.20. The minimum Gasteiger partial charge on any atom is -0.491 e. The Labute approximate surface area is 141 Å². The molecule has 128 valence electrons. The van der Waals surface area contributed by atoms with Crippen molar-refractivity contribution < 1.29 is 14.6 Å². The van der Waals surface area contributed by atoms with Crippen molar-refractivity contribution in [2.45, 2.75) is 24.9 Å². The lowest BCUT2D eigenvalue weighted by molar-refractivity contribution is -0.131. The molecule has 1 aromatic heterocycles. The largest absolute Gasteiger partial charge is 0.491 e. The van der Waals surface area contributed by atoms with Crippen molar-refractivity contribution in [3.05, 3.63) is 48.3 Å². The maximum atomic E-state index is 12.3. The first-order valence-electron chi connectivity index (χ1n) is 8.20. The van der Waals surface area contributed by atoms with E-state index in [1.165, 1.54) is 0 Å². The number of hydrogen-bond donors (Lipinski definition) is 1. The SMILES string of the molecule is Cn1cc(CCC(=O)N2CCC(O)(COc3ccccc3)C2)cn1. The molecule has 0 aliphatic carbocycles. The summed E-state index contributed by atoms with van der Waals surface area (Å²) in [6.45, 7) is 1.09. The minimum absolute atomic E-state index is 0.0643. The number of β-amino-alcohol motifs (C(OH)–C–C–N with tert-alkyl or cyclic N) is 1. The third-order valence-electron chi connectivity index (χ3n) is 4.32. The quantitative estimate of drug-likeness (QED) is 0.870. The van der Waals surface area contributed by atoms with Gasteiger partial charge in [-0.2, -0.15) is 5.10 Å². The van der Waals surface area contributed by atoms with Crippen LogP contribution < -0.4 is 4.74 Å². The summed E-state index contributed by atoms with van der Waals surface area (Å²) in [5, 5.41) is 14.7. The van der Waals surface area contributed by atoms with Gasteiger partial charge in [0.2, 0.25) is 5.91 Å². The van der Waals surface area contributed by atoms with E-state index in [0.717, 1.165) is 11.3 Å². The van der Waals surface area contributed by atoms with Crippen LogP contribution >= 0.6 is 0 Å². The molecule has 1 amide bonds. The molecule has 1 aliphatic heterocycles. The Bertz CT molecular complexity index is 686. The van der Waals surface area contributed by atoms with Crippen LogP contribution in [0.15, 0.2) is 42.7 Å². The van der Waals surface area contributed by atoms with Gasteiger partial charge >= 0.3 is 0 Å². The Hall–Kier alpha value is -2.34. The van der Waals surface area contributed by atoms with Gasteiger partial charge in [0.25, 0.3) is 0 Å². The van der Waals surface area contributed by atoms with Crippen LogP contribution in [0.25, 0.3) is 0 Å². The average Bonchev–Trinajstić information content (AvgIpc) is 3.18. The summed E-state index contributed by atoms with van der Waals surface area (Å²) in [4.78, 5) is 14.1. The predicted octanol–water partition coefficient (Wildman–Crippen LogP) is 1.40. The molecule has 1 fully saturated rings. The number of hydrogen-bond acceptors (Lipinski definition) is 4. The van der Waals surface area contributed by atoms with Gasteiger partial charge in [-0.05, 0) is 30.5 Å². The van der Waals surface area contributed by atoms with Gasteiger partial charge in [-0.1, -0.05) is 18.2 Å². The van der Waals surface area contributed by atoms with Gasteiger partial charge in [0.15, 0.2) is 0 Å². The van der Waals surface area contributed by atoms with Crippen LogP contribution in [0.2, 0.25) is 0 Å². The van der Waals surface area contributed by atoms with Crippen LogP contribution in [0.3, 0.4) is 0 Å². The number of aryl methyl sites for hydroxylation is 2. The molecule has 1 unspecified atom stereocenters. The van der Waals surface area contributed by atoms with Crippen molar-refractivity contribution in [1.82, 2.24) is 14.7 Å². The molecule has 3 rings (SSSR count). The summed E-state index contributed by atoms with van der Waals surface area (Å²) in [6.07, 6.45) is 5.34. The van der Waals surface area contributed by atoms with Crippen molar-refractivity contribution in [2.24, 2.45) is 7.05 Å². The van der Waals surface area contributed by atoms with E-state index in [2.05, 4.69) is 5.10 Å². The van der Waals surface area contributed by atoms with Crippen molar-refractivity contribution in [3.63, 3.8) is 0 Å². The molecule has 0 spiro atoms. The van der Waals surface area contributed by atoms with E-state index in [0.29, 0.717) is 32.4 Å². The number of likely N-dealkylation sites (tertiary alicyclic amines) is 1. The molecule has 1 N–H and O–H groups in total. The van der Waals surface area contributed by atoms with Gasteiger partial charge < -0.3 is 14.7 Å². The Kier molecular flexibility index (Phi) is 4.85. The second-order valence-electron chi connectivity index (χ2n) is 6.41. The van der Waals surface area contributed by atoms with Crippen LogP contribution in [-0.4, -0.2) is 51.0 Å². The number of aromatic nitrogens is 2. The van der Waals surface area contributed by atoms with Crippen LogP contribution in [0, 0.1) is 0 Å². The standard InChI is InChI=1S/C18H23N3O3/c1-20-12-15(11-19-20)7-8-17(22)21-10-9-18(23,13-21)14-24-16-5-3-2-4-6-16/h2-6,11-12,23H,7-10,13-14H2,1H3. The number of ether oxygens (including phenoxy) is 1. The third kappa shape index (κ3) is 4.14. The number of amides is 1. The third-order valence-corrected chi connectivity index (χ3v) is 4.32. The number of rotatable bonds is 6. The minimum atomic E-state index is -0.972. The maximum Gasteiger partial charge on any atom is 0.223 e. The van der Waals surface area contributed by atoms with Gasteiger partial charge in [0.05, 0.1) is 12.7 Å². The number of carbonyl (C=O) groups is 1. The van der Waals surface area contributed by atoms with Gasteiger partial charge in [0, 0.05) is 26.2 Å². The summed E-state index contributed by atoms with van der Waals surface area (Å²) < 4.78 is 7.39. The summed E-state index contributed by atoms with van der Waals surface area (Å²) in [5.74, 6) is 0.793. The van der Waals surface area contributed by atoms with Crippen molar-refractivity contribution in [2.75, 3.05) is 19.7 Å². The zero-order valence-electron chi connectivity index (χ0n) is 13.9.